The van der Waals surface area contributed by atoms with Crippen LogP contribution in [-0.4, -0.2) is 17.4 Å². The third-order valence-corrected chi connectivity index (χ3v) is 2.33. The first-order valence-corrected chi connectivity index (χ1v) is 6.23. The van der Waals surface area contributed by atoms with Gasteiger partial charge in [-0.1, -0.05) is 5.92 Å². The fourth-order valence-electron chi connectivity index (χ4n) is 1.27. The molecule has 0 radical (unpaired) electrons. The molecule has 1 unspecified atom stereocenters. The van der Waals surface area contributed by atoms with E-state index in [9.17, 15) is 14.0 Å². The first-order chi connectivity index (χ1) is 9.19. The lowest BCUT2D eigenvalue weighted by Gasteiger charge is -2.20. The Labute approximate surface area is 118 Å². The highest BCUT2D eigenvalue weighted by molar-refractivity contribution is 6.08. The number of esters is 1. The second-order valence-corrected chi connectivity index (χ2v) is 5.38. The number of carbonyl (C=O) groups is 2. The van der Waals surface area contributed by atoms with Crippen molar-refractivity contribution in [2.24, 2.45) is 5.92 Å². The Hall–Kier alpha value is -2.15. The number of ether oxygens (including phenoxy) is 1. The van der Waals surface area contributed by atoms with Gasteiger partial charge in [0.1, 0.15) is 17.3 Å². The third kappa shape index (κ3) is 5.23. The van der Waals surface area contributed by atoms with Gasteiger partial charge in [-0.05, 0) is 57.9 Å². The molecule has 0 aliphatic rings. The Balaban J connectivity index is 2.72. The van der Waals surface area contributed by atoms with Crippen LogP contribution in [0.3, 0.4) is 0 Å². The second kappa shape index (κ2) is 6.33. The Morgan fingerprint density at radius 2 is 1.75 bits per heavy atom. The van der Waals surface area contributed by atoms with E-state index in [1.54, 1.807) is 20.8 Å². The molecule has 20 heavy (non-hydrogen) atoms. The molecule has 4 heteroatoms. The summed E-state index contributed by atoms with van der Waals surface area (Å²) in [6.07, 6.45) is 0. The Morgan fingerprint density at radius 1 is 1.20 bits per heavy atom. The molecule has 1 aromatic rings. The van der Waals surface area contributed by atoms with E-state index in [4.69, 9.17) is 4.74 Å². The molecule has 0 saturated carbocycles. The van der Waals surface area contributed by atoms with Crippen LogP contribution in [0.5, 0.6) is 0 Å². The molecule has 1 rings (SSSR count). The summed E-state index contributed by atoms with van der Waals surface area (Å²) < 4.78 is 17.8. The highest BCUT2D eigenvalue weighted by Crippen LogP contribution is 2.11. The van der Waals surface area contributed by atoms with Gasteiger partial charge >= 0.3 is 5.97 Å². The number of ketones is 1. The van der Waals surface area contributed by atoms with E-state index >= 15 is 0 Å². The smallest absolute Gasteiger partial charge is 0.317 e. The summed E-state index contributed by atoms with van der Waals surface area (Å²) in [5.41, 5.74) is -0.133. The van der Waals surface area contributed by atoms with E-state index in [2.05, 4.69) is 11.8 Å². The predicted octanol–water partition coefficient (Wildman–Crippen LogP) is 2.72. The fourth-order valence-corrected chi connectivity index (χ4v) is 1.27. The van der Waals surface area contributed by atoms with Crippen molar-refractivity contribution in [3.63, 3.8) is 0 Å². The standard InChI is InChI=1S/C16H17FO3/c1-11(15(19)20-16(2,3)4)14(18)10-7-12-5-8-13(17)9-6-12/h5-6,8-9,11H,1-4H3. The van der Waals surface area contributed by atoms with Crippen molar-refractivity contribution in [1.29, 1.82) is 0 Å². The molecule has 106 valence electrons. The zero-order valence-corrected chi connectivity index (χ0v) is 12.0. The summed E-state index contributed by atoms with van der Waals surface area (Å²) in [5, 5.41) is 0. The topological polar surface area (TPSA) is 43.4 Å². The van der Waals surface area contributed by atoms with Gasteiger partial charge in [-0.15, -0.1) is 0 Å². The SMILES string of the molecule is CC(C(=O)C#Cc1ccc(F)cc1)C(=O)OC(C)(C)C. The van der Waals surface area contributed by atoms with Gasteiger partial charge in [-0.3, -0.25) is 9.59 Å². The third-order valence-electron chi connectivity index (χ3n) is 2.33. The van der Waals surface area contributed by atoms with Crippen molar-refractivity contribution in [2.45, 2.75) is 33.3 Å². The van der Waals surface area contributed by atoms with Crippen LogP contribution in [0.15, 0.2) is 24.3 Å². The monoisotopic (exact) mass is 276 g/mol. The molecule has 1 atom stereocenters. The van der Waals surface area contributed by atoms with Crippen LogP contribution >= 0.6 is 0 Å². The largest absolute Gasteiger partial charge is 0.459 e. The summed E-state index contributed by atoms with van der Waals surface area (Å²) in [6, 6.07) is 5.44. The normalized spacial score (nSPS) is 12.1. The van der Waals surface area contributed by atoms with Gasteiger partial charge in [0, 0.05) is 5.56 Å². The second-order valence-electron chi connectivity index (χ2n) is 5.38. The summed E-state index contributed by atoms with van der Waals surface area (Å²) in [7, 11) is 0. The minimum atomic E-state index is -0.942. The molecule has 0 aliphatic carbocycles. The minimum Gasteiger partial charge on any atom is -0.459 e. The zero-order chi connectivity index (χ0) is 15.3. The van der Waals surface area contributed by atoms with Crippen LogP contribution in [0.25, 0.3) is 0 Å². The first kappa shape index (κ1) is 15.9. The highest BCUT2D eigenvalue weighted by Gasteiger charge is 2.26. The van der Waals surface area contributed by atoms with Crippen molar-refractivity contribution in [2.75, 3.05) is 0 Å². The predicted molar refractivity (Wildman–Crippen MR) is 73.3 cm³/mol. The number of benzene rings is 1. The van der Waals surface area contributed by atoms with Crippen molar-refractivity contribution in [3.05, 3.63) is 35.6 Å². The van der Waals surface area contributed by atoms with Crippen molar-refractivity contribution in [3.8, 4) is 11.8 Å². The molecule has 0 spiro atoms. The Morgan fingerprint density at radius 3 is 2.25 bits per heavy atom. The van der Waals surface area contributed by atoms with E-state index in [1.165, 1.54) is 31.2 Å². The number of hydrogen-bond donors (Lipinski definition) is 0. The molecule has 0 bridgehead atoms. The molecular formula is C16H17FO3. The Bertz CT molecular complexity index is 556. The lowest BCUT2D eigenvalue weighted by molar-refractivity contribution is -0.160. The molecule has 0 fully saturated rings. The number of carbonyl (C=O) groups excluding carboxylic acids is 2. The molecule has 0 aromatic heterocycles. The average Bonchev–Trinajstić information content (AvgIpc) is 2.34. The molecule has 3 nitrogen and oxygen atoms in total. The lowest BCUT2D eigenvalue weighted by Crippen LogP contribution is -2.30. The summed E-state index contributed by atoms with van der Waals surface area (Å²) in [6.45, 7) is 6.64. The molecular weight excluding hydrogens is 259 g/mol. The number of Topliss-reactive ketones (excluding diaryl/α,β-unsaturated/α-hetero) is 1. The van der Waals surface area contributed by atoms with E-state index in [0.717, 1.165) is 0 Å². The number of rotatable bonds is 2. The summed E-state index contributed by atoms with van der Waals surface area (Å²) >= 11 is 0. The fraction of sp³-hybridized carbons (Fsp3) is 0.375. The van der Waals surface area contributed by atoms with Crippen molar-refractivity contribution in [1.82, 2.24) is 0 Å². The van der Waals surface area contributed by atoms with Gasteiger partial charge in [0.05, 0.1) is 0 Å². The van der Waals surface area contributed by atoms with Gasteiger partial charge in [-0.2, -0.15) is 0 Å². The molecule has 0 amide bonds. The first-order valence-electron chi connectivity index (χ1n) is 6.23. The van der Waals surface area contributed by atoms with Gasteiger partial charge in [0.25, 0.3) is 0 Å². The summed E-state index contributed by atoms with van der Waals surface area (Å²) in [5.74, 6) is 2.53. The molecule has 0 aliphatic heterocycles. The van der Waals surface area contributed by atoms with Gasteiger partial charge in [0.2, 0.25) is 5.78 Å². The minimum absolute atomic E-state index is 0.371. The van der Waals surface area contributed by atoms with E-state index in [-0.39, 0.29) is 5.82 Å². The van der Waals surface area contributed by atoms with E-state index in [1.807, 2.05) is 0 Å². The maximum atomic E-state index is 12.7. The van der Waals surface area contributed by atoms with Crippen LogP contribution in [0.4, 0.5) is 4.39 Å². The van der Waals surface area contributed by atoms with E-state index in [0.29, 0.717) is 5.56 Å². The van der Waals surface area contributed by atoms with Crippen LogP contribution in [0, 0.1) is 23.6 Å². The van der Waals surface area contributed by atoms with Crippen molar-refractivity contribution < 1.29 is 18.7 Å². The van der Waals surface area contributed by atoms with E-state index < -0.39 is 23.3 Å². The molecule has 0 saturated heterocycles. The highest BCUT2D eigenvalue weighted by atomic mass is 19.1. The van der Waals surface area contributed by atoms with Crippen molar-refractivity contribution >= 4 is 11.8 Å². The van der Waals surface area contributed by atoms with Gasteiger partial charge < -0.3 is 4.74 Å². The molecule has 0 heterocycles. The lowest BCUT2D eigenvalue weighted by atomic mass is 10.1. The average molecular weight is 276 g/mol. The maximum absolute atomic E-state index is 12.7. The molecule has 0 N–H and O–H groups in total. The van der Waals surface area contributed by atoms with Gasteiger partial charge in [0.15, 0.2) is 0 Å². The number of halogens is 1. The van der Waals surface area contributed by atoms with Crippen LogP contribution < -0.4 is 0 Å². The number of hydrogen-bond acceptors (Lipinski definition) is 3. The van der Waals surface area contributed by atoms with Crippen LogP contribution in [-0.2, 0) is 14.3 Å². The van der Waals surface area contributed by atoms with Crippen LogP contribution in [0.2, 0.25) is 0 Å². The van der Waals surface area contributed by atoms with Gasteiger partial charge in [-0.25, -0.2) is 4.39 Å². The van der Waals surface area contributed by atoms with Crippen LogP contribution in [0.1, 0.15) is 33.3 Å². The molecule has 1 aromatic carbocycles. The Kier molecular flexibility index (Phi) is 5.04. The zero-order valence-electron chi connectivity index (χ0n) is 12.0. The quantitative estimate of drug-likeness (QED) is 0.474. The summed E-state index contributed by atoms with van der Waals surface area (Å²) in [4.78, 5) is 23.5. The maximum Gasteiger partial charge on any atom is 0.317 e.